The molecule has 0 amide bonds. The summed E-state index contributed by atoms with van der Waals surface area (Å²) in [6.45, 7) is 2.63. The number of nitrogens with zero attached hydrogens (tertiary/aromatic N) is 3. The van der Waals surface area contributed by atoms with Crippen molar-refractivity contribution >= 4 is 16.7 Å². The Bertz CT molecular complexity index is 1080. The first-order valence-corrected chi connectivity index (χ1v) is 8.91. The molecule has 0 saturated heterocycles. The van der Waals surface area contributed by atoms with E-state index in [2.05, 4.69) is 39.6 Å². The highest BCUT2D eigenvalue weighted by Crippen LogP contribution is 2.30. The summed E-state index contributed by atoms with van der Waals surface area (Å²) in [6.07, 6.45) is 3.52. The van der Waals surface area contributed by atoms with Gasteiger partial charge in [0.05, 0.1) is 12.1 Å². The quantitative estimate of drug-likeness (QED) is 0.557. The van der Waals surface area contributed by atoms with Crippen LogP contribution in [0.3, 0.4) is 0 Å². The normalized spacial score (nSPS) is 10.7. The number of benzene rings is 2. The van der Waals surface area contributed by atoms with E-state index in [4.69, 9.17) is 9.72 Å². The Morgan fingerprint density at radius 2 is 1.78 bits per heavy atom. The average Bonchev–Trinajstić information content (AvgIpc) is 2.73. The van der Waals surface area contributed by atoms with Crippen LogP contribution in [0.2, 0.25) is 0 Å². The minimum atomic E-state index is 0.647. The fourth-order valence-corrected chi connectivity index (χ4v) is 3.06. The molecule has 1 N–H and O–H groups in total. The molecule has 4 rings (SSSR count). The highest BCUT2D eigenvalue weighted by molar-refractivity contribution is 5.93. The summed E-state index contributed by atoms with van der Waals surface area (Å²) in [7, 11) is 1.87. The second-order valence-corrected chi connectivity index (χ2v) is 6.08. The molecule has 5 heteroatoms. The van der Waals surface area contributed by atoms with Crippen LogP contribution < -0.4 is 10.1 Å². The van der Waals surface area contributed by atoms with Gasteiger partial charge in [-0.3, -0.25) is 4.98 Å². The lowest BCUT2D eigenvalue weighted by Gasteiger charge is -2.11. The van der Waals surface area contributed by atoms with Crippen LogP contribution in [0, 0.1) is 0 Å². The van der Waals surface area contributed by atoms with E-state index < -0.39 is 0 Å². The molecule has 5 nitrogen and oxygen atoms in total. The third kappa shape index (κ3) is 3.44. The molecule has 2 heterocycles. The van der Waals surface area contributed by atoms with Crippen molar-refractivity contribution in [3.8, 4) is 28.3 Å². The first-order chi connectivity index (χ1) is 13.3. The highest BCUT2D eigenvalue weighted by Gasteiger charge is 2.10. The Morgan fingerprint density at radius 3 is 2.56 bits per heavy atom. The van der Waals surface area contributed by atoms with Gasteiger partial charge < -0.3 is 10.1 Å². The van der Waals surface area contributed by atoms with Gasteiger partial charge in [-0.15, -0.1) is 0 Å². The molecule has 0 radical (unpaired) electrons. The lowest BCUT2D eigenvalue weighted by atomic mass is 10.0. The molecular weight excluding hydrogens is 336 g/mol. The Morgan fingerprint density at radius 1 is 0.926 bits per heavy atom. The number of hydrogen-bond acceptors (Lipinski definition) is 5. The largest absolute Gasteiger partial charge is 0.494 e. The minimum absolute atomic E-state index is 0.647. The summed E-state index contributed by atoms with van der Waals surface area (Å²) in [6, 6.07) is 18.2. The molecule has 0 saturated carbocycles. The molecule has 2 aromatic heterocycles. The van der Waals surface area contributed by atoms with Crippen molar-refractivity contribution in [2.24, 2.45) is 0 Å². The predicted octanol–water partition coefficient (Wildman–Crippen LogP) is 4.80. The number of nitrogens with one attached hydrogen (secondary N) is 1. The molecular formula is C22H20N4O. The summed E-state index contributed by atoms with van der Waals surface area (Å²) in [5.41, 5.74) is 3.95. The Kier molecular flexibility index (Phi) is 4.66. The van der Waals surface area contributed by atoms with Gasteiger partial charge >= 0.3 is 0 Å². The van der Waals surface area contributed by atoms with Crippen LogP contribution in [0.4, 0.5) is 5.82 Å². The molecule has 27 heavy (non-hydrogen) atoms. The minimum Gasteiger partial charge on any atom is -0.494 e. The molecule has 0 aliphatic heterocycles. The van der Waals surface area contributed by atoms with Gasteiger partial charge in [-0.05, 0) is 54.4 Å². The molecule has 0 fully saturated rings. The maximum Gasteiger partial charge on any atom is 0.163 e. The monoisotopic (exact) mass is 356 g/mol. The molecule has 0 spiro atoms. The number of aromatic nitrogens is 3. The van der Waals surface area contributed by atoms with Gasteiger partial charge in [0.2, 0.25) is 0 Å². The number of ether oxygens (including phenoxy) is 1. The summed E-state index contributed by atoms with van der Waals surface area (Å²) in [5, 5.41) is 4.16. The van der Waals surface area contributed by atoms with Crippen LogP contribution in [0.1, 0.15) is 6.92 Å². The van der Waals surface area contributed by atoms with Crippen molar-refractivity contribution in [2.45, 2.75) is 6.92 Å². The van der Waals surface area contributed by atoms with Crippen molar-refractivity contribution in [3.05, 3.63) is 67.0 Å². The Labute approximate surface area is 158 Å². The van der Waals surface area contributed by atoms with Crippen LogP contribution in [0.25, 0.3) is 33.4 Å². The molecule has 0 bridgehead atoms. The second kappa shape index (κ2) is 7.41. The lowest BCUT2D eigenvalue weighted by Crippen LogP contribution is -1.99. The maximum atomic E-state index is 5.63. The van der Waals surface area contributed by atoms with Crippen molar-refractivity contribution in [2.75, 3.05) is 19.0 Å². The van der Waals surface area contributed by atoms with Crippen LogP contribution in [-0.4, -0.2) is 28.6 Å². The summed E-state index contributed by atoms with van der Waals surface area (Å²) in [5.74, 6) is 2.32. The average molecular weight is 356 g/mol. The molecule has 0 aliphatic rings. The van der Waals surface area contributed by atoms with Crippen LogP contribution >= 0.6 is 0 Å². The van der Waals surface area contributed by atoms with Crippen molar-refractivity contribution in [1.82, 2.24) is 15.0 Å². The van der Waals surface area contributed by atoms with Crippen LogP contribution in [0.5, 0.6) is 5.75 Å². The molecule has 0 aliphatic carbocycles. The van der Waals surface area contributed by atoms with Crippen molar-refractivity contribution in [1.29, 1.82) is 0 Å². The predicted molar refractivity (Wildman–Crippen MR) is 109 cm³/mol. The fraction of sp³-hybridized carbons (Fsp3) is 0.136. The molecule has 4 aromatic rings. The van der Waals surface area contributed by atoms with E-state index in [1.54, 1.807) is 12.4 Å². The standard InChI is InChI=1S/C22H20N4O/c1-3-27-18-8-4-6-15(12-18)16-9-10-19-20(13-16)25-21(26-22(19)23-2)17-7-5-11-24-14-17/h4-14H,3H2,1-2H3,(H,23,25,26). The van der Waals surface area contributed by atoms with Crippen LogP contribution in [0.15, 0.2) is 67.0 Å². The maximum absolute atomic E-state index is 5.63. The molecule has 0 atom stereocenters. The zero-order valence-electron chi connectivity index (χ0n) is 15.3. The zero-order chi connectivity index (χ0) is 18.6. The molecule has 134 valence electrons. The number of fused-ring (bicyclic) bond motifs is 1. The first kappa shape index (κ1) is 17.0. The number of hydrogen-bond donors (Lipinski definition) is 1. The van der Waals surface area contributed by atoms with E-state index in [1.807, 2.05) is 44.3 Å². The van der Waals surface area contributed by atoms with Crippen molar-refractivity contribution in [3.63, 3.8) is 0 Å². The summed E-state index contributed by atoms with van der Waals surface area (Å²) < 4.78 is 5.63. The first-order valence-electron chi connectivity index (χ1n) is 8.91. The smallest absolute Gasteiger partial charge is 0.163 e. The van der Waals surface area contributed by atoms with Gasteiger partial charge in [-0.2, -0.15) is 0 Å². The van der Waals surface area contributed by atoms with Gasteiger partial charge in [-0.1, -0.05) is 18.2 Å². The number of anilines is 1. The summed E-state index contributed by atoms with van der Waals surface area (Å²) in [4.78, 5) is 13.6. The van der Waals surface area contributed by atoms with Crippen LogP contribution in [-0.2, 0) is 0 Å². The number of pyridine rings is 1. The van der Waals surface area contributed by atoms with Gasteiger partial charge in [-0.25, -0.2) is 9.97 Å². The third-order valence-corrected chi connectivity index (χ3v) is 4.33. The fourth-order valence-electron chi connectivity index (χ4n) is 3.06. The summed E-state index contributed by atoms with van der Waals surface area (Å²) >= 11 is 0. The highest BCUT2D eigenvalue weighted by atomic mass is 16.5. The van der Waals surface area contributed by atoms with Gasteiger partial charge in [0, 0.05) is 30.4 Å². The lowest BCUT2D eigenvalue weighted by molar-refractivity contribution is 0.340. The van der Waals surface area contributed by atoms with E-state index in [-0.39, 0.29) is 0 Å². The molecule has 0 unspecified atom stereocenters. The SMILES string of the molecule is CCOc1cccc(-c2ccc3c(NC)nc(-c4cccnc4)nc3c2)c1. The topological polar surface area (TPSA) is 59.9 Å². The molecule has 2 aromatic carbocycles. The Balaban J connectivity index is 1.84. The number of rotatable bonds is 5. The van der Waals surface area contributed by atoms with E-state index in [0.29, 0.717) is 12.4 Å². The van der Waals surface area contributed by atoms with E-state index in [9.17, 15) is 0 Å². The van der Waals surface area contributed by atoms with Gasteiger partial charge in [0.25, 0.3) is 0 Å². The van der Waals surface area contributed by atoms with E-state index >= 15 is 0 Å². The van der Waals surface area contributed by atoms with Gasteiger partial charge in [0.15, 0.2) is 5.82 Å². The second-order valence-electron chi connectivity index (χ2n) is 6.08. The third-order valence-electron chi connectivity index (χ3n) is 4.33. The van der Waals surface area contributed by atoms with Gasteiger partial charge in [0.1, 0.15) is 11.6 Å². The Hall–Kier alpha value is -3.47. The zero-order valence-corrected chi connectivity index (χ0v) is 15.3. The van der Waals surface area contributed by atoms with Crippen molar-refractivity contribution < 1.29 is 4.74 Å². The van der Waals surface area contributed by atoms with E-state index in [1.165, 1.54) is 0 Å². The van der Waals surface area contributed by atoms with E-state index in [0.717, 1.165) is 39.2 Å².